The topological polar surface area (TPSA) is 9.23 Å². The highest BCUT2D eigenvalue weighted by atomic mass is 35.5. The zero-order valence-corrected chi connectivity index (χ0v) is 9.66. The Balaban J connectivity index is 4.05. The van der Waals surface area contributed by atoms with E-state index in [2.05, 4.69) is 13.8 Å². The van der Waals surface area contributed by atoms with Crippen LogP contribution in [0.3, 0.4) is 0 Å². The third-order valence-electron chi connectivity index (χ3n) is 1.50. The Morgan fingerprint density at radius 2 is 1.38 bits per heavy atom. The van der Waals surface area contributed by atoms with Crippen molar-refractivity contribution in [3.8, 4) is 0 Å². The van der Waals surface area contributed by atoms with Crippen molar-refractivity contribution < 1.29 is 4.74 Å². The molecule has 0 spiro atoms. The molecule has 76 valence electrons. The quantitative estimate of drug-likeness (QED) is 0.589. The summed E-state index contributed by atoms with van der Waals surface area (Å²) < 4.78 is 5.49. The third kappa shape index (κ3) is 6.00. The fraction of sp³-hybridized carbons (Fsp3) is 0.600. The highest BCUT2D eigenvalue weighted by Crippen LogP contribution is 2.17. The van der Waals surface area contributed by atoms with E-state index in [1.807, 2.05) is 0 Å². The van der Waals surface area contributed by atoms with Gasteiger partial charge in [0.1, 0.15) is 11.5 Å². The molecular weight excluding hydrogens is 207 g/mol. The Morgan fingerprint density at radius 3 is 1.62 bits per heavy atom. The first-order chi connectivity index (χ1) is 6.28. The molecule has 0 fully saturated rings. The first kappa shape index (κ1) is 12.9. The smallest absolute Gasteiger partial charge is 0.115 e. The standard InChI is InChI=1S/C10H16Cl2O/c1-3-5-9(7-11)13-10(8-12)6-4-2/h7-8H,3-6H2,1-2H3. The molecule has 0 rings (SSSR count). The van der Waals surface area contributed by atoms with Crippen molar-refractivity contribution in [2.45, 2.75) is 39.5 Å². The van der Waals surface area contributed by atoms with E-state index in [-0.39, 0.29) is 0 Å². The van der Waals surface area contributed by atoms with Crippen LogP contribution < -0.4 is 0 Å². The van der Waals surface area contributed by atoms with Crippen LogP contribution in [0.15, 0.2) is 22.6 Å². The molecule has 0 aromatic carbocycles. The Bertz CT molecular complexity index is 165. The summed E-state index contributed by atoms with van der Waals surface area (Å²) in [4.78, 5) is 0. The summed E-state index contributed by atoms with van der Waals surface area (Å²) in [5.74, 6) is 1.56. The molecule has 0 aromatic rings. The van der Waals surface area contributed by atoms with Crippen molar-refractivity contribution >= 4 is 23.2 Å². The van der Waals surface area contributed by atoms with Gasteiger partial charge in [-0.1, -0.05) is 37.0 Å². The maximum atomic E-state index is 5.59. The van der Waals surface area contributed by atoms with Crippen molar-refractivity contribution in [3.63, 3.8) is 0 Å². The Labute approximate surface area is 90.4 Å². The average molecular weight is 223 g/mol. The van der Waals surface area contributed by atoms with Crippen molar-refractivity contribution in [1.29, 1.82) is 0 Å². The van der Waals surface area contributed by atoms with Crippen LogP contribution in [0.25, 0.3) is 0 Å². The summed E-state index contributed by atoms with van der Waals surface area (Å²) in [6, 6.07) is 0. The molecule has 0 aliphatic rings. The third-order valence-corrected chi connectivity index (χ3v) is 1.99. The first-order valence-electron chi connectivity index (χ1n) is 4.54. The summed E-state index contributed by atoms with van der Waals surface area (Å²) in [5, 5.41) is 0. The molecule has 0 aromatic heterocycles. The minimum absolute atomic E-state index is 0.782. The maximum Gasteiger partial charge on any atom is 0.115 e. The summed E-state index contributed by atoms with van der Waals surface area (Å²) in [7, 11) is 0. The Hall–Kier alpha value is -0.140. The van der Waals surface area contributed by atoms with Crippen molar-refractivity contribution in [2.75, 3.05) is 0 Å². The molecule has 0 unspecified atom stereocenters. The van der Waals surface area contributed by atoms with Crippen LogP contribution in [0.5, 0.6) is 0 Å². The zero-order chi connectivity index (χ0) is 10.1. The molecule has 0 bridgehead atoms. The molecule has 0 N–H and O–H groups in total. The number of hydrogen-bond acceptors (Lipinski definition) is 1. The lowest BCUT2D eigenvalue weighted by Gasteiger charge is -2.10. The molecule has 13 heavy (non-hydrogen) atoms. The summed E-state index contributed by atoms with van der Waals surface area (Å²) in [6.07, 6.45) is 3.73. The second kappa shape index (κ2) is 8.46. The Morgan fingerprint density at radius 1 is 1.00 bits per heavy atom. The molecule has 0 atom stereocenters. The van der Waals surface area contributed by atoms with E-state index in [0.29, 0.717) is 0 Å². The van der Waals surface area contributed by atoms with Crippen LogP contribution in [-0.4, -0.2) is 0 Å². The van der Waals surface area contributed by atoms with Crippen LogP contribution in [0.4, 0.5) is 0 Å². The van der Waals surface area contributed by atoms with Gasteiger partial charge in [0.2, 0.25) is 0 Å². The fourth-order valence-corrected chi connectivity index (χ4v) is 1.22. The van der Waals surface area contributed by atoms with Gasteiger partial charge in [-0.2, -0.15) is 0 Å². The highest BCUT2D eigenvalue weighted by molar-refractivity contribution is 6.26. The van der Waals surface area contributed by atoms with E-state index < -0.39 is 0 Å². The molecule has 0 radical (unpaired) electrons. The molecule has 0 saturated carbocycles. The maximum absolute atomic E-state index is 5.59. The molecule has 0 heterocycles. The average Bonchev–Trinajstić information content (AvgIpc) is 2.16. The van der Waals surface area contributed by atoms with Gasteiger partial charge in [0.05, 0.1) is 0 Å². The minimum Gasteiger partial charge on any atom is -0.464 e. The van der Waals surface area contributed by atoms with E-state index in [1.165, 1.54) is 11.1 Å². The second-order valence-corrected chi connectivity index (χ2v) is 3.19. The fourth-order valence-electron chi connectivity index (χ4n) is 0.917. The van der Waals surface area contributed by atoms with Crippen LogP contribution >= 0.6 is 23.2 Å². The summed E-state index contributed by atoms with van der Waals surface area (Å²) >= 11 is 11.2. The largest absolute Gasteiger partial charge is 0.464 e. The normalized spacial score (nSPS) is 13.2. The molecule has 3 heteroatoms. The predicted molar refractivity (Wildman–Crippen MR) is 58.8 cm³/mol. The van der Waals surface area contributed by atoms with Gasteiger partial charge in [-0.25, -0.2) is 0 Å². The van der Waals surface area contributed by atoms with Gasteiger partial charge in [-0.15, -0.1) is 0 Å². The molecular formula is C10H16Cl2O. The minimum atomic E-state index is 0.782. The number of ether oxygens (including phenoxy) is 1. The van der Waals surface area contributed by atoms with E-state index in [0.717, 1.165) is 37.2 Å². The molecule has 0 amide bonds. The molecule has 0 saturated heterocycles. The van der Waals surface area contributed by atoms with Gasteiger partial charge >= 0.3 is 0 Å². The van der Waals surface area contributed by atoms with E-state index >= 15 is 0 Å². The van der Waals surface area contributed by atoms with Crippen LogP contribution in [0.1, 0.15) is 39.5 Å². The highest BCUT2D eigenvalue weighted by Gasteiger charge is 2.01. The number of halogens is 2. The lowest BCUT2D eigenvalue weighted by molar-refractivity contribution is 0.277. The summed E-state index contributed by atoms with van der Waals surface area (Å²) in [5.41, 5.74) is 2.94. The molecule has 0 aliphatic heterocycles. The number of hydrogen-bond donors (Lipinski definition) is 0. The van der Waals surface area contributed by atoms with Gasteiger partial charge in [-0.05, 0) is 12.8 Å². The van der Waals surface area contributed by atoms with Gasteiger partial charge in [0.15, 0.2) is 0 Å². The number of rotatable bonds is 6. The monoisotopic (exact) mass is 222 g/mol. The lowest BCUT2D eigenvalue weighted by atomic mass is 10.3. The van der Waals surface area contributed by atoms with Gasteiger partial charge in [0, 0.05) is 23.9 Å². The van der Waals surface area contributed by atoms with Crippen molar-refractivity contribution in [2.24, 2.45) is 0 Å². The van der Waals surface area contributed by atoms with Gasteiger partial charge in [0.25, 0.3) is 0 Å². The van der Waals surface area contributed by atoms with Crippen molar-refractivity contribution in [3.05, 3.63) is 22.6 Å². The number of allylic oxidation sites excluding steroid dienone is 2. The zero-order valence-electron chi connectivity index (χ0n) is 8.15. The van der Waals surface area contributed by atoms with Gasteiger partial charge < -0.3 is 4.74 Å². The van der Waals surface area contributed by atoms with Crippen LogP contribution in [0.2, 0.25) is 0 Å². The van der Waals surface area contributed by atoms with Crippen LogP contribution in [0, 0.1) is 0 Å². The molecule has 1 nitrogen and oxygen atoms in total. The van der Waals surface area contributed by atoms with Crippen LogP contribution in [-0.2, 0) is 4.74 Å². The summed E-state index contributed by atoms with van der Waals surface area (Å²) in [6.45, 7) is 4.15. The van der Waals surface area contributed by atoms with E-state index in [4.69, 9.17) is 27.9 Å². The molecule has 0 aliphatic carbocycles. The van der Waals surface area contributed by atoms with Crippen molar-refractivity contribution in [1.82, 2.24) is 0 Å². The Kier molecular flexibility index (Phi) is 8.37. The van der Waals surface area contributed by atoms with E-state index in [9.17, 15) is 0 Å². The SMILES string of the molecule is CCCC(=CCl)OC(=CCl)CCC. The van der Waals surface area contributed by atoms with Gasteiger partial charge in [-0.3, -0.25) is 0 Å². The van der Waals surface area contributed by atoms with E-state index in [1.54, 1.807) is 0 Å². The predicted octanol–water partition coefficient (Wildman–Crippen LogP) is 4.76. The lowest BCUT2D eigenvalue weighted by Crippen LogP contribution is -1.92. The first-order valence-corrected chi connectivity index (χ1v) is 5.42. The second-order valence-electron chi connectivity index (χ2n) is 2.75.